The van der Waals surface area contributed by atoms with E-state index in [-0.39, 0.29) is 6.04 Å². The molecule has 3 nitrogen and oxygen atoms in total. The molecule has 0 bridgehead atoms. The third kappa shape index (κ3) is 1.74. The molecule has 2 N–H and O–H groups in total. The number of hydrogen-bond acceptors (Lipinski definition) is 2. The summed E-state index contributed by atoms with van der Waals surface area (Å²) in [4.78, 5) is 4.52. The second-order valence-corrected chi connectivity index (χ2v) is 5.18. The summed E-state index contributed by atoms with van der Waals surface area (Å²) < 4.78 is 2.18. The molecular formula is C14H16ClN3. The first kappa shape index (κ1) is 11.8. The number of nitrogens with zero attached hydrogens (tertiary/aromatic N) is 2. The highest BCUT2D eigenvalue weighted by molar-refractivity contribution is 6.30. The molecule has 4 heteroatoms. The minimum absolute atomic E-state index is 0.0107. The Labute approximate surface area is 112 Å². The van der Waals surface area contributed by atoms with E-state index < -0.39 is 0 Å². The van der Waals surface area contributed by atoms with Crippen LogP contribution < -0.4 is 5.73 Å². The van der Waals surface area contributed by atoms with Gasteiger partial charge in [0.1, 0.15) is 5.82 Å². The Balaban J connectivity index is 2.20. The summed E-state index contributed by atoms with van der Waals surface area (Å²) >= 11 is 6.25. The molecule has 0 saturated heterocycles. The lowest BCUT2D eigenvalue weighted by Gasteiger charge is -2.22. The maximum Gasteiger partial charge on any atom is 0.152 e. The van der Waals surface area contributed by atoms with Crippen molar-refractivity contribution >= 4 is 11.6 Å². The van der Waals surface area contributed by atoms with Crippen LogP contribution in [0.3, 0.4) is 0 Å². The van der Waals surface area contributed by atoms with Gasteiger partial charge < -0.3 is 10.3 Å². The molecule has 0 aliphatic carbocycles. The maximum absolute atomic E-state index is 6.25. The number of halogens is 1. The smallest absolute Gasteiger partial charge is 0.152 e. The molecular weight excluding hydrogens is 246 g/mol. The first-order chi connectivity index (χ1) is 8.68. The second-order valence-electron chi connectivity index (χ2n) is 4.83. The summed E-state index contributed by atoms with van der Waals surface area (Å²) in [5, 5.41) is 0.556. The zero-order valence-electron chi connectivity index (χ0n) is 10.4. The van der Waals surface area contributed by atoms with Crippen LogP contribution in [0.5, 0.6) is 0 Å². The molecule has 1 atom stereocenters. The quantitative estimate of drug-likeness (QED) is 0.856. The molecule has 1 unspecified atom stereocenters. The average Bonchev–Trinajstić information content (AvgIpc) is 2.69. The number of aryl methyl sites for hydroxylation is 1. The lowest BCUT2D eigenvalue weighted by atomic mass is 10.0. The maximum atomic E-state index is 6.25. The lowest BCUT2D eigenvalue weighted by Crippen LogP contribution is -2.22. The zero-order chi connectivity index (χ0) is 12.7. The molecule has 2 aromatic rings. The predicted octanol–water partition coefficient (Wildman–Crippen LogP) is 3.31. The molecule has 2 heterocycles. The molecule has 0 radical (unpaired) electrons. The fourth-order valence-corrected chi connectivity index (χ4v) is 2.97. The van der Waals surface area contributed by atoms with E-state index in [1.165, 1.54) is 5.56 Å². The second kappa shape index (κ2) is 4.41. The van der Waals surface area contributed by atoms with Gasteiger partial charge in [0.15, 0.2) is 5.15 Å². The standard InChI is InChI=1S/C14H16ClN3/c1-9-5-2-3-6-10(9)14-17-13(15)12-11(16)7-4-8-18(12)14/h2-3,5-6,11H,4,7-8,16H2,1H3. The van der Waals surface area contributed by atoms with Crippen molar-refractivity contribution in [1.29, 1.82) is 0 Å². The van der Waals surface area contributed by atoms with Gasteiger partial charge in [-0.2, -0.15) is 0 Å². The van der Waals surface area contributed by atoms with Crippen molar-refractivity contribution in [2.75, 3.05) is 0 Å². The zero-order valence-corrected chi connectivity index (χ0v) is 11.1. The summed E-state index contributed by atoms with van der Waals surface area (Å²) in [5.74, 6) is 0.947. The van der Waals surface area contributed by atoms with Crippen molar-refractivity contribution in [3.63, 3.8) is 0 Å². The number of rotatable bonds is 1. The van der Waals surface area contributed by atoms with Crippen molar-refractivity contribution in [1.82, 2.24) is 9.55 Å². The highest BCUT2D eigenvalue weighted by Gasteiger charge is 2.25. The summed E-state index contributed by atoms with van der Waals surface area (Å²) in [6.45, 7) is 3.04. The van der Waals surface area contributed by atoms with E-state index in [0.717, 1.165) is 36.5 Å². The molecule has 0 spiro atoms. The molecule has 3 rings (SSSR count). The Hall–Kier alpha value is -1.32. The van der Waals surface area contributed by atoms with Crippen molar-refractivity contribution in [2.45, 2.75) is 32.4 Å². The molecule has 94 valence electrons. The minimum atomic E-state index is 0.0107. The van der Waals surface area contributed by atoms with E-state index in [4.69, 9.17) is 17.3 Å². The topological polar surface area (TPSA) is 43.8 Å². The van der Waals surface area contributed by atoms with Crippen molar-refractivity contribution in [3.8, 4) is 11.4 Å². The molecule has 18 heavy (non-hydrogen) atoms. The van der Waals surface area contributed by atoms with E-state index in [9.17, 15) is 0 Å². The van der Waals surface area contributed by atoms with E-state index in [0.29, 0.717) is 5.15 Å². The number of aromatic nitrogens is 2. The number of hydrogen-bond donors (Lipinski definition) is 1. The summed E-state index contributed by atoms with van der Waals surface area (Å²) in [7, 11) is 0. The monoisotopic (exact) mass is 261 g/mol. The third-order valence-electron chi connectivity index (χ3n) is 3.60. The molecule has 0 fully saturated rings. The Kier molecular flexibility index (Phi) is 2.88. The number of imidazole rings is 1. The predicted molar refractivity (Wildman–Crippen MR) is 73.6 cm³/mol. The Morgan fingerprint density at radius 1 is 1.39 bits per heavy atom. The van der Waals surface area contributed by atoms with Gasteiger partial charge in [-0.1, -0.05) is 35.9 Å². The first-order valence-corrected chi connectivity index (χ1v) is 6.64. The van der Waals surface area contributed by atoms with Crippen LogP contribution in [0.4, 0.5) is 0 Å². The van der Waals surface area contributed by atoms with E-state index in [1.54, 1.807) is 0 Å². The average molecular weight is 262 g/mol. The van der Waals surface area contributed by atoms with Crippen LogP contribution in [-0.2, 0) is 6.54 Å². The van der Waals surface area contributed by atoms with Gasteiger partial charge in [-0.05, 0) is 25.3 Å². The number of benzene rings is 1. The van der Waals surface area contributed by atoms with Crippen LogP contribution in [-0.4, -0.2) is 9.55 Å². The lowest BCUT2D eigenvalue weighted by molar-refractivity contribution is 0.466. The van der Waals surface area contributed by atoms with Gasteiger partial charge in [0, 0.05) is 18.2 Å². The third-order valence-corrected chi connectivity index (χ3v) is 3.87. The van der Waals surface area contributed by atoms with Crippen molar-refractivity contribution in [2.24, 2.45) is 5.73 Å². The largest absolute Gasteiger partial charge is 0.325 e. The number of nitrogens with two attached hydrogens (primary N) is 1. The van der Waals surface area contributed by atoms with E-state index in [1.807, 2.05) is 12.1 Å². The molecule has 1 aromatic carbocycles. The Morgan fingerprint density at radius 3 is 2.94 bits per heavy atom. The van der Waals surface area contributed by atoms with Crippen LogP contribution in [0, 0.1) is 6.92 Å². The van der Waals surface area contributed by atoms with Gasteiger partial charge >= 0.3 is 0 Å². The first-order valence-electron chi connectivity index (χ1n) is 6.26. The molecule has 0 amide bonds. The molecule has 1 aliphatic heterocycles. The fraction of sp³-hybridized carbons (Fsp3) is 0.357. The van der Waals surface area contributed by atoms with Crippen LogP contribution in [0.25, 0.3) is 11.4 Å². The van der Waals surface area contributed by atoms with Crippen molar-refractivity contribution < 1.29 is 0 Å². The molecule has 0 saturated carbocycles. The molecule has 1 aliphatic rings. The Morgan fingerprint density at radius 2 is 2.17 bits per heavy atom. The van der Waals surface area contributed by atoms with Gasteiger partial charge in [-0.25, -0.2) is 4.98 Å². The SMILES string of the molecule is Cc1ccccc1-c1nc(Cl)c2n1CCCC2N. The summed E-state index contributed by atoms with van der Waals surface area (Å²) in [6.07, 6.45) is 2.07. The van der Waals surface area contributed by atoms with Gasteiger partial charge in [-0.3, -0.25) is 0 Å². The summed E-state index contributed by atoms with van der Waals surface area (Å²) in [6, 6.07) is 8.25. The van der Waals surface area contributed by atoms with Crippen LogP contribution >= 0.6 is 11.6 Å². The minimum Gasteiger partial charge on any atom is -0.325 e. The van der Waals surface area contributed by atoms with Gasteiger partial charge in [0.05, 0.1) is 5.69 Å². The van der Waals surface area contributed by atoms with E-state index >= 15 is 0 Å². The van der Waals surface area contributed by atoms with Gasteiger partial charge in [0.2, 0.25) is 0 Å². The molecule has 1 aromatic heterocycles. The summed E-state index contributed by atoms with van der Waals surface area (Å²) in [5.41, 5.74) is 9.47. The highest BCUT2D eigenvalue weighted by Crippen LogP contribution is 2.34. The fourth-order valence-electron chi connectivity index (χ4n) is 2.65. The van der Waals surface area contributed by atoms with Gasteiger partial charge in [-0.15, -0.1) is 0 Å². The number of fused-ring (bicyclic) bond motifs is 1. The van der Waals surface area contributed by atoms with Crippen LogP contribution in [0.1, 0.15) is 30.1 Å². The normalized spacial score (nSPS) is 18.7. The highest BCUT2D eigenvalue weighted by atomic mass is 35.5. The van der Waals surface area contributed by atoms with Gasteiger partial charge in [0.25, 0.3) is 0 Å². The Bertz CT molecular complexity index is 589. The van der Waals surface area contributed by atoms with Crippen LogP contribution in [0.15, 0.2) is 24.3 Å². The van der Waals surface area contributed by atoms with Crippen molar-refractivity contribution in [3.05, 3.63) is 40.7 Å². The van der Waals surface area contributed by atoms with E-state index in [2.05, 4.69) is 28.6 Å². The van der Waals surface area contributed by atoms with Crippen LogP contribution in [0.2, 0.25) is 5.15 Å².